The monoisotopic (exact) mass is 364 g/mol. The summed E-state index contributed by atoms with van der Waals surface area (Å²) in [5.41, 5.74) is -2.36. The second-order valence-electron chi connectivity index (χ2n) is 5.10. The van der Waals surface area contributed by atoms with Crippen molar-refractivity contribution in [3.8, 4) is 0 Å². The van der Waals surface area contributed by atoms with E-state index in [9.17, 15) is 38.0 Å². The largest absolute Gasteiger partial charge is 0.480 e. The molecule has 0 aromatic carbocycles. The third kappa shape index (κ3) is 3.70. The Balaban J connectivity index is 2.47. The Morgan fingerprint density at radius 2 is 1.96 bits per heavy atom. The molecule has 1 aliphatic heterocycles. The maximum atomic E-state index is 12.7. The highest BCUT2D eigenvalue weighted by Crippen LogP contribution is 2.35. The van der Waals surface area contributed by atoms with E-state index in [2.05, 4.69) is 4.98 Å². The van der Waals surface area contributed by atoms with Crippen LogP contribution in [0.1, 0.15) is 5.56 Å². The number of rotatable bonds is 3. The number of piperazine rings is 1. The highest BCUT2D eigenvalue weighted by atomic mass is 19.4. The van der Waals surface area contributed by atoms with Crippen molar-refractivity contribution >= 4 is 23.6 Å². The number of carbonyl (C=O) groups is 2. The summed E-state index contributed by atoms with van der Waals surface area (Å²) in [7, 11) is 0. The van der Waals surface area contributed by atoms with Crippen molar-refractivity contribution in [2.24, 2.45) is 0 Å². The van der Waals surface area contributed by atoms with Gasteiger partial charge in [0.1, 0.15) is 6.04 Å². The number of aliphatic carboxylic acids is 1. The van der Waals surface area contributed by atoms with Gasteiger partial charge in [0, 0.05) is 25.4 Å². The number of alkyl halides is 3. The Morgan fingerprint density at radius 1 is 1.32 bits per heavy atom. The Labute approximate surface area is 137 Å². The molecule has 1 aromatic rings. The minimum absolute atomic E-state index is 0.182. The zero-order valence-electron chi connectivity index (χ0n) is 12.3. The van der Waals surface area contributed by atoms with E-state index in [1.54, 1.807) is 0 Å². The highest BCUT2D eigenvalue weighted by Gasteiger charge is 2.40. The molecule has 2 rings (SSSR count). The molecule has 1 atom stereocenters. The molecule has 0 radical (unpaired) electrons. The van der Waals surface area contributed by atoms with Gasteiger partial charge in [0.2, 0.25) is 5.82 Å². The molecular formula is C12H11F3N4O6. The molecule has 2 N–H and O–H groups in total. The number of hydrogen-bond acceptors (Lipinski definition) is 6. The van der Waals surface area contributed by atoms with Crippen LogP contribution in [0.4, 0.5) is 29.5 Å². The first kappa shape index (κ1) is 18.2. The lowest BCUT2D eigenvalue weighted by Crippen LogP contribution is -2.58. The molecule has 136 valence electrons. The Hall–Kier alpha value is -3.12. The molecule has 0 bridgehead atoms. The van der Waals surface area contributed by atoms with Crippen molar-refractivity contribution in [3.05, 3.63) is 27.9 Å². The molecule has 13 heteroatoms. The molecule has 25 heavy (non-hydrogen) atoms. The summed E-state index contributed by atoms with van der Waals surface area (Å²) in [6.07, 6.45) is -5.87. The van der Waals surface area contributed by atoms with Crippen molar-refractivity contribution < 1.29 is 37.9 Å². The van der Waals surface area contributed by atoms with Crippen LogP contribution in [-0.2, 0) is 11.0 Å². The number of pyridine rings is 1. The molecule has 0 spiro atoms. The summed E-state index contributed by atoms with van der Waals surface area (Å²) in [5, 5.41) is 29.3. The maximum absolute atomic E-state index is 12.7. The number of carboxylic acid groups (broad SMARTS) is 2. The fraction of sp³-hybridized carbons (Fsp3) is 0.417. The van der Waals surface area contributed by atoms with Crippen molar-refractivity contribution in [2.75, 3.05) is 24.5 Å². The molecular weight excluding hydrogens is 353 g/mol. The van der Waals surface area contributed by atoms with Gasteiger partial charge in [0.25, 0.3) is 0 Å². The minimum atomic E-state index is -4.86. The number of nitro groups is 1. The molecule has 0 saturated carbocycles. The number of aromatic nitrogens is 1. The molecule has 1 aromatic heterocycles. The minimum Gasteiger partial charge on any atom is -0.480 e. The average Bonchev–Trinajstić information content (AvgIpc) is 2.52. The van der Waals surface area contributed by atoms with Crippen LogP contribution < -0.4 is 4.90 Å². The van der Waals surface area contributed by atoms with E-state index in [4.69, 9.17) is 5.11 Å². The first-order valence-corrected chi connectivity index (χ1v) is 6.71. The zero-order valence-corrected chi connectivity index (χ0v) is 12.3. The standard InChI is InChI=1S/C12H11F3N4O6/c13-12(14,15)6-3-7(19(24)25)9(16-4-6)18-2-1-17(11(22)23)5-8(18)10(20)21/h3-4,8H,1-2,5H2,(H,20,21)(H,22,23)/t8-/m1/s1. The summed E-state index contributed by atoms with van der Waals surface area (Å²) >= 11 is 0. The summed E-state index contributed by atoms with van der Waals surface area (Å²) in [5.74, 6) is -2.04. The fourth-order valence-electron chi connectivity index (χ4n) is 2.38. The molecule has 1 fully saturated rings. The smallest absolute Gasteiger partial charge is 0.418 e. The first-order chi connectivity index (χ1) is 11.5. The number of carboxylic acids is 1. The first-order valence-electron chi connectivity index (χ1n) is 6.71. The van der Waals surface area contributed by atoms with Crippen LogP contribution in [0.25, 0.3) is 0 Å². The van der Waals surface area contributed by atoms with Crippen molar-refractivity contribution in [2.45, 2.75) is 12.2 Å². The van der Waals surface area contributed by atoms with Gasteiger partial charge in [0.05, 0.1) is 17.0 Å². The topological polar surface area (TPSA) is 137 Å². The molecule has 0 aliphatic carbocycles. The zero-order chi connectivity index (χ0) is 18.9. The van der Waals surface area contributed by atoms with Crippen LogP contribution in [0.2, 0.25) is 0 Å². The molecule has 1 saturated heterocycles. The van der Waals surface area contributed by atoms with Crippen LogP contribution in [0.3, 0.4) is 0 Å². The van der Waals surface area contributed by atoms with Crippen LogP contribution in [-0.4, -0.2) is 62.8 Å². The lowest BCUT2D eigenvalue weighted by atomic mass is 10.1. The van der Waals surface area contributed by atoms with Crippen LogP contribution in [0.5, 0.6) is 0 Å². The molecule has 0 unspecified atom stereocenters. The number of hydrogen-bond donors (Lipinski definition) is 2. The second kappa shape index (κ2) is 6.41. The van der Waals surface area contributed by atoms with Gasteiger partial charge >= 0.3 is 23.9 Å². The van der Waals surface area contributed by atoms with Gasteiger partial charge in [-0.15, -0.1) is 0 Å². The molecule has 1 amide bonds. The van der Waals surface area contributed by atoms with E-state index in [1.807, 2.05) is 0 Å². The number of nitrogens with zero attached hydrogens (tertiary/aromatic N) is 4. The van der Waals surface area contributed by atoms with Gasteiger partial charge in [-0.1, -0.05) is 0 Å². The van der Waals surface area contributed by atoms with E-state index in [0.717, 1.165) is 9.80 Å². The average molecular weight is 364 g/mol. The Kier molecular flexibility index (Phi) is 4.67. The number of amides is 1. The lowest BCUT2D eigenvalue weighted by molar-refractivity contribution is -0.384. The van der Waals surface area contributed by atoms with E-state index in [1.165, 1.54) is 0 Å². The van der Waals surface area contributed by atoms with Gasteiger partial charge in [-0.2, -0.15) is 13.2 Å². The molecule has 10 nitrogen and oxygen atoms in total. The normalized spacial score (nSPS) is 18.1. The predicted octanol–water partition coefficient (Wildman–Crippen LogP) is 1.26. The third-order valence-corrected chi connectivity index (χ3v) is 3.58. The maximum Gasteiger partial charge on any atom is 0.418 e. The number of anilines is 1. The van der Waals surface area contributed by atoms with Crippen molar-refractivity contribution in [1.82, 2.24) is 9.88 Å². The van der Waals surface area contributed by atoms with Gasteiger partial charge in [-0.3, -0.25) is 10.1 Å². The van der Waals surface area contributed by atoms with Gasteiger partial charge < -0.3 is 20.0 Å². The molecule has 1 aliphatic rings. The summed E-state index contributed by atoms with van der Waals surface area (Å²) < 4.78 is 38.1. The van der Waals surface area contributed by atoms with Gasteiger partial charge in [-0.25, -0.2) is 14.6 Å². The quantitative estimate of drug-likeness (QED) is 0.604. The van der Waals surface area contributed by atoms with Crippen LogP contribution >= 0.6 is 0 Å². The van der Waals surface area contributed by atoms with Crippen molar-refractivity contribution in [3.63, 3.8) is 0 Å². The number of halogens is 3. The van der Waals surface area contributed by atoms with E-state index >= 15 is 0 Å². The predicted molar refractivity (Wildman–Crippen MR) is 74.3 cm³/mol. The lowest BCUT2D eigenvalue weighted by Gasteiger charge is -2.38. The summed E-state index contributed by atoms with van der Waals surface area (Å²) in [4.78, 5) is 37.5. The Bertz CT molecular complexity index is 725. The fourth-order valence-corrected chi connectivity index (χ4v) is 2.38. The van der Waals surface area contributed by atoms with Crippen molar-refractivity contribution in [1.29, 1.82) is 0 Å². The third-order valence-electron chi connectivity index (χ3n) is 3.58. The highest BCUT2D eigenvalue weighted by molar-refractivity contribution is 5.81. The van der Waals surface area contributed by atoms with Gasteiger partial charge in [-0.05, 0) is 0 Å². The second-order valence-corrected chi connectivity index (χ2v) is 5.10. The van der Waals surface area contributed by atoms with Crippen LogP contribution in [0, 0.1) is 10.1 Å². The van der Waals surface area contributed by atoms with E-state index in [-0.39, 0.29) is 19.2 Å². The Morgan fingerprint density at radius 3 is 2.44 bits per heavy atom. The van der Waals surface area contributed by atoms with E-state index in [0.29, 0.717) is 6.20 Å². The SMILES string of the molecule is O=C(O)[C@H]1CN(C(=O)O)CCN1c1ncc(C(F)(F)F)cc1[N+](=O)[O-]. The molecule has 2 heterocycles. The van der Waals surface area contributed by atoms with Gasteiger partial charge in [0.15, 0.2) is 0 Å². The summed E-state index contributed by atoms with van der Waals surface area (Å²) in [6, 6.07) is -1.25. The summed E-state index contributed by atoms with van der Waals surface area (Å²) in [6.45, 7) is -0.966. The van der Waals surface area contributed by atoms with E-state index < -0.39 is 52.8 Å². The van der Waals surface area contributed by atoms with Crippen LogP contribution in [0.15, 0.2) is 12.3 Å².